The van der Waals surface area contributed by atoms with Gasteiger partial charge < -0.3 is 33.6 Å². The number of nitrogens with zero attached hydrogens (tertiary/aromatic N) is 1. The van der Waals surface area contributed by atoms with Crippen LogP contribution < -0.4 is 14.8 Å². The Bertz CT molecular complexity index is 1200. The van der Waals surface area contributed by atoms with Gasteiger partial charge in [-0.2, -0.15) is 0 Å². The maximum absolute atomic E-state index is 12.5. The van der Waals surface area contributed by atoms with Crippen molar-refractivity contribution in [3.05, 3.63) is 59.9 Å². The fourth-order valence-corrected chi connectivity index (χ4v) is 3.74. The number of morpholine rings is 1. The molecule has 0 saturated carbocycles. The van der Waals surface area contributed by atoms with E-state index in [1.54, 1.807) is 11.8 Å². The summed E-state index contributed by atoms with van der Waals surface area (Å²) in [5, 5.41) is 3.69. The molecule has 1 aliphatic heterocycles. The lowest BCUT2D eigenvalue weighted by molar-refractivity contribution is -0.137. The Hall–Kier alpha value is -4.05. The predicted molar refractivity (Wildman–Crippen MR) is 129 cm³/mol. The number of nitrogens with one attached hydrogen (secondary N) is 1. The monoisotopic (exact) mass is 496 g/mol. The quantitative estimate of drug-likeness (QED) is 0.450. The van der Waals surface area contributed by atoms with Gasteiger partial charge in [-0.05, 0) is 37.3 Å². The number of carbonyl (C=O) groups is 3. The summed E-state index contributed by atoms with van der Waals surface area (Å²) < 4.78 is 27.0. The number of rotatable bonds is 9. The molecule has 1 atom stereocenters. The molecule has 1 N–H and O–H groups in total. The van der Waals surface area contributed by atoms with Crippen LogP contribution in [0.4, 0.5) is 0 Å². The van der Waals surface area contributed by atoms with E-state index in [0.29, 0.717) is 37.8 Å². The van der Waals surface area contributed by atoms with Gasteiger partial charge in [0, 0.05) is 18.5 Å². The fourth-order valence-electron chi connectivity index (χ4n) is 3.74. The molecule has 10 heteroatoms. The molecule has 1 saturated heterocycles. The van der Waals surface area contributed by atoms with Crippen molar-refractivity contribution in [2.75, 3.05) is 46.6 Å². The number of hydrogen-bond donors (Lipinski definition) is 1. The number of para-hydroxylation sites is 1. The summed E-state index contributed by atoms with van der Waals surface area (Å²) in [4.78, 5) is 38.8. The van der Waals surface area contributed by atoms with E-state index in [2.05, 4.69) is 5.32 Å². The maximum atomic E-state index is 12.5. The molecule has 0 radical (unpaired) electrons. The number of benzene rings is 2. The summed E-state index contributed by atoms with van der Waals surface area (Å²) >= 11 is 0. The second-order valence-electron chi connectivity index (χ2n) is 8.20. The topological polar surface area (TPSA) is 117 Å². The van der Waals surface area contributed by atoms with Gasteiger partial charge in [-0.25, -0.2) is 4.79 Å². The van der Waals surface area contributed by atoms with E-state index >= 15 is 0 Å². The molecule has 1 unspecified atom stereocenters. The van der Waals surface area contributed by atoms with Gasteiger partial charge in [-0.3, -0.25) is 9.59 Å². The third kappa shape index (κ3) is 6.14. The van der Waals surface area contributed by atoms with E-state index < -0.39 is 24.5 Å². The van der Waals surface area contributed by atoms with Crippen LogP contribution in [0.15, 0.2) is 52.9 Å². The van der Waals surface area contributed by atoms with Crippen molar-refractivity contribution < 1.29 is 37.7 Å². The number of esters is 1. The maximum Gasteiger partial charge on any atom is 0.338 e. The summed E-state index contributed by atoms with van der Waals surface area (Å²) in [6.45, 7) is 3.21. The molecule has 1 aliphatic rings. The van der Waals surface area contributed by atoms with E-state index in [9.17, 15) is 14.4 Å². The van der Waals surface area contributed by atoms with Gasteiger partial charge in [0.25, 0.3) is 11.8 Å². The summed E-state index contributed by atoms with van der Waals surface area (Å²) in [6.07, 6.45) is 0. The molecule has 4 rings (SSSR count). The third-order valence-corrected chi connectivity index (χ3v) is 5.70. The first-order chi connectivity index (χ1) is 17.4. The first-order valence-electron chi connectivity index (χ1n) is 11.6. The Morgan fingerprint density at radius 1 is 1.03 bits per heavy atom. The predicted octanol–water partition coefficient (Wildman–Crippen LogP) is 2.71. The van der Waals surface area contributed by atoms with Crippen molar-refractivity contribution in [1.82, 2.24) is 10.2 Å². The zero-order valence-corrected chi connectivity index (χ0v) is 20.2. The average molecular weight is 497 g/mol. The molecule has 1 aromatic heterocycles. The van der Waals surface area contributed by atoms with Crippen molar-refractivity contribution in [1.29, 1.82) is 0 Å². The first kappa shape index (κ1) is 25.1. The number of ether oxygens (including phenoxy) is 4. The van der Waals surface area contributed by atoms with Crippen LogP contribution in [0.1, 0.15) is 29.1 Å². The summed E-state index contributed by atoms with van der Waals surface area (Å²) in [6, 6.07) is 13.4. The molecule has 0 bridgehead atoms. The largest absolute Gasteiger partial charge is 0.493 e. The van der Waals surface area contributed by atoms with E-state index in [-0.39, 0.29) is 23.8 Å². The lowest BCUT2D eigenvalue weighted by Gasteiger charge is -2.26. The highest BCUT2D eigenvalue weighted by atomic mass is 16.5. The lowest BCUT2D eigenvalue weighted by atomic mass is 10.2. The SMILES string of the molecule is COc1cc(C(=O)OCC(=O)NC(C)c2cc3ccccc3o2)ccc1OCC(=O)N1CCOCC1. The normalized spacial score (nSPS) is 14.2. The van der Waals surface area contributed by atoms with Gasteiger partial charge in [0.1, 0.15) is 11.3 Å². The minimum absolute atomic E-state index is 0.160. The average Bonchev–Trinajstić information content (AvgIpc) is 3.35. The van der Waals surface area contributed by atoms with Crippen LogP contribution in [0.2, 0.25) is 0 Å². The molecule has 2 amide bonds. The van der Waals surface area contributed by atoms with Crippen LogP contribution >= 0.6 is 0 Å². The lowest BCUT2D eigenvalue weighted by Crippen LogP contribution is -2.43. The zero-order chi connectivity index (χ0) is 25.5. The Balaban J connectivity index is 1.28. The van der Waals surface area contributed by atoms with Crippen LogP contribution in [0, 0.1) is 0 Å². The molecule has 36 heavy (non-hydrogen) atoms. The Morgan fingerprint density at radius 2 is 1.81 bits per heavy atom. The van der Waals surface area contributed by atoms with Crippen molar-refractivity contribution in [2.45, 2.75) is 13.0 Å². The van der Waals surface area contributed by atoms with Gasteiger partial charge in [-0.1, -0.05) is 18.2 Å². The number of hydrogen-bond acceptors (Lipinski definition) is 8. The van der Waals surface area contributed by atoms with Crippen LogP contribution in [-0.4, -0.2) is 69.3 Å². The number of furan rings is 1. The number of methoxy groups -OCH3 is 1. The molecule has 10 nitrogen and oxygen atoms in total. The highest BCUT2D eigenvalue weighted by molar-refractivity contribution is 5.92. The second kappa shape index (κ2) is 11.6. The van der Waals surface area contributed by atoms with Crippen molar-refractivity contribution in [3.8, 4) is 11.5 Å². The number of carbonyl (C=O) groups excluding carboxylic acids is 3. The van der Waals surface area contributed by atoms with E-state index in [0.717, 1.165) is 11.0 Å². The van der Waals surface area contributed by atoms with Crippen molar-refractivity contribution >= 4 is 28.8 Å². The molecule has 3 aromatic rings. The summed E-state index contributed by atoms with van der Waals surface area (Å²) in [7, 11) is 1.42. The highest BCUT2D eigenvalue weighted by Gasteiger charge is 2.20. The molecule has 1 fully saturated rings. The van der Waals surface area contributed by atoms with Gasteiger partial charge >= 0.3 is 5.97 Å². The summed E-state index contributed by atoms with van der Waals surface area (Å²) in [5.41, 5.74) is 0.906. The zero-order valence-electron chi connectivity index (χ0n) is 20.2. The standard InChI is InChI=1S/C26H28N2O8/c1-17(22-13-18-5-3-4-6-20(18)36-22)27-24(29)15-35-26(31)19-7-8-21(23(14-19)32-2)34-16-25(30)28-9-11-33-12-10-28/h3-8,13-14,17H,9-12,15-16H2,1-2H3,(H,27,29). The molecular weight excluding hydrogens is 468 g/mol. The number of fused-ring (bicyclic) bond motifs is 1. The van der Waals surface area contributed by atoms with E-state index in [4.69, 9.17) is 23.4 Å². The van der Waals surface area contributed by atoms with Crippen molar-refractivity contribution in [3.63, 3.8) is 0 Å². The van der Waals surface area contributed by atoms with Crippen LogP contribution in [0.25, 0.3) is 11.0 Å². The second-order valence-corrected chi connectivity index (χ2v) is 8.20. The molecule has 0 spiro atoms. The number of amides is 2. The molecule has 0 aliphatic carbocycles. The van der Waals surface area contributed by atoms with Gasteiger partial charge in [0.05, 0.1) is 31.9 Å². The van der Waals surface area contributed by atoms with E-state index in [1.165, 1.54) is 25.3 Å². The van der Waals surface area contributed by atoms with E-state index in [1.807, 2.05) is 30.3 Å². The van der Waals surface area contributed by atoms with Crippen molar-refractivity contribution in [2.24, 2.45) is 0 Å². The summed E-state index contributed by atoms with van der Waals surface area (Å²) in [5.74, 6) is -0.147. The molecular formula is C26H28N2O8. The van der Waals surface area contributed by atoms with Gasteiger partial charge in [0.2, 0.25) is 0 Å². The smallest absolute Gasteiger partial charge is 0.338 e. The Morgan fingerprint density at radius 3 is 2.56 bits per heavy atom. The van der Waals surface area contributed by atoms with Crippen LogP contribution in [-0.2, 0) is 19.1 Å². The third-order valence-electron chi connectivity index (χ3n) is 5.70. The fraction of sp³-hybridized carbons (Fsp3) is 0.346. The first-order valence-corrected chi connectivity index (χ1v) is 11.6. The van der Waals surface area contributed by atoms with Gasteiger partial charge in [-0.15, -0.1) is 0 Å². The Labute approximate surface area is 208 Å². The molecule has 2 aromatic carbocycles. The van der Waals surface area contributed by atoms with Gasteiger partial charge in [0.15, 0.2) is 24.7 Å². The molecule has 190 valence electrons. The molecule has 2 heterocycles. The van der Waals surface area contributed by atoms with Crippen LogP contribution in [0.3, 0.4) is 0 Å². The highest BCUT2D eigenvalue weighted by Crippen LogP contribution is 2.28. The Kier molecular flexibility index (Phi) is 8.06. The minimum Gasteiger partial charge on any atom is -0.493 e. The van der Waals surface area contributed by atoms with Crippen LogP contribution in [0.5, 0.6) is 11.5 Å². The minimum atomic E-state index is -0.698.